The molecule has 1 aliphatic rings. The van der Waals surface area contributed by atoms with Gasteiger partial charge in [0.15, 0.2) is 0 Å². The maximum Gasteiger partial charge on any atom is 0.255 e. The molecule has 30 heavy (non-hydrogen) atoms. The number of pyridine rings is 1. The number of carbonyl (C=O) groups is 1. The van der Waals surface area contributed by atoms with E-state index in [4.69, 9.17) is 0 Å². The number of fused-ring (bicyclic) bond motifs is 1. The molecule has 4 aromatic rings. The number of aromatic nitrogens is 3. The topological polar surface area (TPSA) is 71.2 Å². The van der Waals surface area contributed by atoms with Gasteiger partial charge in [-0.2, -0.15) is 0 Å². The van der Waals surface area contributed by atoms with Gasteiger partial charge < -0.3 is 10.0 Å². The van der Waals surface area contributed by atoms with E-state index in [-0.39, 0.29) is 18.3 Å². The number of para-hydroxylation sites is 2. The zero-order valence-electron chi connectivity index (χ0n) is 16.1. The van der Waals surface area contributed by atoms with Crippen molar-refractivity contribution < 1.29 is 14.3 Å². The van der Waals surface area contributed by atoms with Gasteiger partial charge in [-0.25, -0.2) is 14.4 Å². The number of hydrogen-bond donors (Lipinski definition) is 1. The molecule has 0 saturated carbocycles. The molecule has 1 saturated heterocycles. The van der Waals surface area contributed by atoms with Crippen LogP contribution in [0.5, 0.6) is 0 Å². The summed E-state index contributed by atoms with van der Waals surface area (Å²) in [5.74, 6) is 0.122. The Morgan fingerprint density at radius 2 is 1.83 bits per heavy atom. The average molecular weight is 402 g/mol. The second kappa shape index (κ2) is 7.03. The lowest BCUT2D eigenvalue weighted by molar-refractivity contribution is 0.0417. The van der Waals surface area contributed by atoms with Crippen LogP contribution >= 0.6 is 0 Å². The minimum atomic E-state index is -1.17. The number of imidazole rings is 1. The van der Waals surface area contributed by atoms with Crippen LogP contribution in [0, 0.1) is 5.82 Å². The third-order valence-electron chi connectivity index (χ3n) is 5.61. The third kappa shape index (κ3) is 3.13. The number of halogens is 1. The van der Waals surface area contributed by atoms with E-state index in [2.05, 4.69) is 9.97 Å². The lowest BCUT2D eigenvalue weighted by Crippen LogP contribution is -2.34. The fraction of sp³-hybridized carbons (Fsp3) is 0.174. The second-order valence-corrected chi connectivity index (χ2v) is 7.52. The molecule has 1 amide bonds. The van der Waals surface area contributed by atoms with Gasteiger partial charge in [0, 0.05) is 12.7 Å². The SMILES string of the molecule is O=C(c1ccc(-n2cnc3ccccc32)nc1)N1CCC(O)(c2ccc(F)cc2)C1. The number of likely N-dealkylation sites (tertiary alicyclic amines) is 1. The number of benzene rings is 2. The Labute approximate surface area is 172 Å². The molecule has 0 radical (unpaired) electrons. The summed E-state index contributed by atoms with van der Waals surface area (Å²) in [5, 5.41) is 10.9. The van der Waals surface area contributed by atoms with E-state index in [1.165, 1.54) is 12.1 Å². The van der Waals surface area contributed by atoms with Crippen LogP contribution in [0.1, 0.15) is 22.3 Å². The average Bonchev–Trinajstić information content (AvgIpc) is 3.38. The minimum Gasteiger partial charge on any atom is -0.383 e. The normalized spacial score (nSPS) is 18.8. The number of aliphatic hydroxyl groups is 1. The van der Waals surface area contributed by atoms with Gasteiger partial charge in [-0.15, -0.1) is 0 Å². The van der Waals surface area contributed by atoms with E-state index in [9.17, 15) is 14.3 Å². The van der Waals surface area contributed by atoms with Gasteiger partial charge in [0.25, 0.3) is 5.91 Å². The summed E-state index contributed by atoms with van der Waals surface area (Å²) in [4.78, 5) is 23.3. The first kappa shape index (κ1) is 18.4. The standard InChI is InChI=1S/C23H19FN4O2/c24-18-8-6-17(7-9-18)23(30)11-12-27(14-23)22(29)16-5-10-21(25-13-16)28-15-26-19-3-1-2-4-20(19)28/h1-10,13,15,30H,11-12,14H2. The maximum atomic E-state index is 13.2. The molecular weight excluding hydrogens is 383 g/mol. The monoisotopic (exact) mass is 402 g/mol. The summed E-state index contributed by atoms with van der Waals surface area (Å²) in [6.07, 6.45) is 3.65. The number of rotatable bonds is 3. The molecule has 6 nitrogen and oxygen atoms in total. The second-order valence-electron chi connectivity index (χ2n) is 7.52. The zero-order chi connectivity index (χ0) is 20.7. The summed E-state index contributed by atoms with van der Waals surface area (Å²) in [7, 11) is 0. The first-order chi connectivity index (χ1) is 14.5. The molecular formula is C23H19FN4O2. The minimum absolute atomic E-state index is 0.158. The molecule has 0 aliphatic carbocycles. The summed E-state index contributed by atoms with van der Waals surface area (Å²) in [6.45, 7) is 0.575. The van der Waals surface area contributed by atoms with Crippen LogP contribution in [-0.4, -0.2) is 43.5 Å². The Kier molecular flexibility index (Phi) is 4.33. The molecule has 2 aromatic carbocycles. The summed E-state index contributed by atoms with van der Waals surface area (Å²) in [5.41, 5.74) is 1.70. The largest absolute Gasteiger partial charge is 0.383 e. The van der Waals surface area contributed by atoms with Crippen molar-refractivity contribution in [2.24, 2.45) is 0 Å². The molecule has 5 rings (SSSR count). The maximum absolute atomic E-state index is 13.2. The van der Waals surface area contributed by atoms with Gasteiger partial charge in [-0.3, -0.25) is 9.36 Å². The lowest BCUT2D eigenvalue weighted by Gasteiger charge is -2.24. The predicted molar refractivity (Wildman–Crippen MR) is 110 cm³/mol. The van der Waals surface area contributed by atoms with Crippen LogP contribution < -0.4 is 0 Å². The van der Waals surface area contributed by atoms with Crippen LogP contribution in [0.15, 0.2) is 73.2 Å². The molecule has 1 atom stereocenters. The Balaban J connectivity index is 1.35. The fourth-order valence-corrected chi connectivity index (χ4v) is 3.94. The number of carbonyl (C=O) groups excluding carboxylic acids is 1. The first-order valence-corrected chi connectivity index (χ1v) is 9.70. The molecule has 2 aromatic heterocycles. The Morgan fingerprint density at radius 1 is 1.03 bits per heavy atom. The van der Waals surface area contributed by atoms with Crippen molar-refractivity contribution in [2.75, 3.05) is 13.1 Å². The van der Waals surface area contributed by atoms with Gasteiger partial charge in [-0.1, -0.05) is 24.3 Å². The molecule has 7 heteroatoms. The number of amides is 1. The quantitative estimate of drug-likeness (QED) is 0.571. The summed E-state index contributed by atoms with van der Waals surface area (Å²) < 4.78 is 15.1. The number of hydrogen-bond acceptors (Lipinski definition) is 4. The Hall–Kier alpha value is -3.58. The van der Waals surface area contributed by atoms with Crippen LogP contribution in [0.25, 0.3) is 16.9 Å². The Bertz CT molecular complexity index is 1220. The van der Waals surface area contributed by atoms with Crippen molar-refractivity contribution in [3.8, 4) is 5.82 Å². The fourth-order valence-electron chi connectivity index (χ4n) is 3.94. The van der Waals surface area contributed by atoms with E-state index < -0.39 is 5.60 Å². The molecule has 3 heterocycles. The molecule has 0 bridgehead atoms. The van der Waals surface area contributed by atoms with Crippen molar-refractivity contribution in [3.63, 3.8) is 0 Å². The van der Waals surface area contributed by atoms with Crippen molar-refractivity contribution in [1.29, 1.82) is 0 Å². The highest BCUT2D eigenvalue weighted by Gasteiger charge is 2.39. The highest BCUT2D eigenvalue weighted by Crippen LogP contribution is 2.32. The summed E-state index contributed by atoms with van der Waals surface area (Å²) in [6, 6.07) is 17.0. The molecule has 1 aliphatic heterocycles. The highest BCUT2D eigenvalue weighted by molar-refractivity contribution is 5.94. The van der Waals surface area contributed by atoms with Crippen molar-refractivity contribution >= 4 is 16.9 Å². The van der Waals surface area contributed by atoms with E-state index in [1.54, 1.807) is 41.7 Å². The first-order valence-electron chi connectivity index (χ1n) is 9.70. The van der Waals surface area contributed by atoms with E-state index in [0.29, 0.717) is 29.9 Å². The van der Waals surface area contributed by atoms with Gasteiger partial charge >= 0.3 is 0 Å². The van der Waals surface area contributed by atoms with Crippen LogP contribution in [-0.2, 0) is 5.60 Å². The van der Waals surface area contributed by atoms with Crippen molar-refractivity contribution in [1.82, 2.24) is 19.4 Å². The van der Waals surface area contributed by atoms with E-state index >= 15 is 0 Å². The van der Waals surface area contributed by atoms with Crippen molar-refractivity contribution in [3.05, 3.63) is 90.1 Å². The molecule has 1 unspecified atom stereocenters. The van der Waals surface area contributed by atoms with Gasteiger partial charge in [0.2, 0.25) is 0 Å². The lowest BCUT2D eigenvalue weighted by atomic mass is 9.93. The molecule has 1 fully saturated rings. The van der Waals surface area contributed by atoms with Crippen molar-refractivity contribution in [2.45, 2.75) is 12.0 Å². The van der Waals surface area contributed by atoms with Gasteiger partial charge in [0.1, 0.15) is 23.6 Å². The van der Waals surface area contributed by atoms with Crippen LogP contribution in [0.3, 0.4) is 0 Å². The highest BCUT2D eigenvalue weighted by atomic mass is 19.1. The van der Waals surface area contributed by atoms with E-state index in [0.717, 1.165) is 11.0 Å². The Morgan fingerprint density at radius 3 is 2.60 bits per heavy atom. The predicted octanol–water partition coefficient (Wildman–Crippen LogP) is 3.29. The van der Waals surface area contributed by atoms with Crippen LogP contribution in [0.2, 0.25) is 0 Å². The van der Waals surface area contributed by atoms with Gasteiger partial charge in [0.05, 0.1) is 23.1 Å². The summed E-state index contributed by atoms with van der Waals surface area (Å²) >= 11 is 0. The number of nitrogens with zero attached hydrogens (tertiary/aromatic N) is 4. The van der Waals surface area contributed by atoms with Crippen LogP contribution in [0.4, 0.5) is 4.39 Å². The molecule has 150 valence electrons. The number of β-amino-alcohol motifs (C(OH)–C–C–N with tert-alkyl or cyclic N) is 1. The third-order valence-corrected chi connectivity index (χ3v) is 5.61. The van der Waals surface area contributed by atoms with E-state index in [1.807, 2.05) is 28.8 Å². The molecule has 1 N–H and O–H groups in total. The molecule has 0 spiro atoms. The van der Waals surface area contributed by atoms with Gasteiger partial charge in [-0.05, 0) is 48.4 Å². The smallest absolute Gasteiger partial charge is 0.255 e. The zero-order valence-corrected chi connectivity index (χ0v) is 16.1.